The Morgan fingerprint density at radius 3 is 2.74 bits per heavy atom. The molecule has 0 radical (unpaired) electrons. The van der Waals surface area contributed by atoms with Crippen LogP contribution in [0.4, 0.5) is 5.69 Å². The number of hydrogen-bond donors (Lipinski definition) is 2. The predicted octanol–water partition coefficient (Wildman–Crippen LogP) is 2.81. The first-order valence-electron chi connectivity index (χ1n) is 9.32. The van der Waals surface area contributed by atoms with E-state index in [4.69, 9.17) is 17.3 Å². The Labute approximate surface area is 166 Å². The van der Waals surface area contributed by atoms with Gasteiger partial charge in [-0.05, 0) is 56.8 Å². The van der Waals surface area contributed by atoms with Gasteiger partial charge in [0.25, 0.3) is 11.8 Å². The molecular weight excluding hydrogens is 364 g/mol. The van der Waals surface area contributed by atoms with Gasteiger partial charge in [-0.15, -0.1) is 0 Å². The first-order valence-corrected chi connectivity index (χ1v) is 9.70. The average Bonchev–Trinajstić information content (AvgIpc) is 2.60. The van der Waals surface area contributed by atoms with Crippen LogP contribution in [0.2, 0.25) is 5.02 Å². The quantitative estimate of drug-likeness (QED) is 0.746. The van der Waals surface area contributed by atoms with Crippen LogP contribution in [0.25, 0.3) is 0 Å². The fraction of sp³-hybridized carbons (Fsp3) is 0.550. The highest BCUT2D eigenvalue weighted by Gasteiger charge is 2.30. The van der Waals surface area contributed by atoms with Crippen LogP contribution in [0.15, 0.2) is 17.1 Å². The Bertz CT molecular complexity index is 748. The van der Waals surface area contributed by atoms with Gasteiger partial charge in [-0.1, -0.05) is 18.5 Å². The Balaban J connectivity index is 2.14. The van der Waals surface area contributed by atoms with Crippen molar-refractivity contribution in [2.75, 3.05) is 31.6 Å². The lowest BCUT2D eigenvalue weighted by Gasteiger charge is -2.26. The topological polar surface area (TPSA) is 87.8 Å². The van der Waals surface area contributed by atoms with Gasteiger partial charge in [0.15, 0.2) is 0 Å². The molecule has 0 spiro atoms. The number of rotatable bonds is 7. The molecule has 2 unspecified atom stereocenters. The van der Waals surface area contributed by atoms with Crippen molar-refractivity contribution in [3.63, 3.8) is 0 Å². The summed E-state index contributed by atoms with van der Waals surface area (Å²) in [6, 6.07) is 3.52. The molecule has 0 fully saturated rings. The standard InChI is InChI=1S/C20H29ClN4O2/c1-12-8-13(2)24-20(27)17(12)11-23-19(26)16-9-15(21)10-18(14(16)3)25(4)7-5-6-22/h9-10,12,17H,5-8,11,22H2,1-4H3,(H,23,26). The molecule has 2 amide bonds. The molecule has 2 rings (SSSR count). The van der Waals surface area contributed by atoms with Crippen LogP contribution in [0.3, 0.4) is 0 Å². The van der Waals surface area contributed by atoms with E-state index < -0.39 is 0 Å². The summed E-state index contributed by atoms with van der Waals surface area (Å²) >= 11 is 6.25. The molecule has 1 aromatic carbocycles. The molecule has 0 saturated carbocycles. The van der Waals surface area contributed by atoms with Gasteiger partial charge in [0.05, 0.1) is 5.92 Å². The second-order valence-electron chi connectivity index (χ2n) is 7.34. The average molecular weight is 393 g/mol. The van der Waals surface area contributed by atoms with E-state index in [1.165, 1.54) is 0 Å². The third kappa shape index (κ3) is 5.30. The zero-order valence-corrected chi connectivity index (χ0v) is 17.3. The molecule has 1 aliphatic rings. The SMILES string of the molecule is CC1=NC(=O)C(CNC(=O)c2cc(Cl)cc(N(C)CCCN)c2C)C(C)C1. The number of halogens is 1. The largest absolute Gasteiger partial charge is 0.374 e. The highest BCUT2D eigenvalue weighted by Crippen LogP contribution is 2.28. The summed E-state index contributed by atoms with van der Waals surface area (Å²) < 4.78 is 0. The van der Waals surface area contributed by atoms with Crippen molar-refractivity contribution in [2.45, 2.75) is 33.6 Å². The number of nitrogens with zero attached hydrogens (tertiary/aromatic N) is 2. The second kappa shape index (κ2) is 9.33. The van der Waals surface area contributed by atoms with Crippen LogP contribution in [-0.4, -0.2) is 44.2 Å². The molecular formula is C20H29ClN4O2. The molecule has 1 aliphatic heterocycles. The van der Waals surface area contributed by atoms with E-state index in [0.717, 1.165) is 36.3 Å². The predicted molar refractivity (Wildman–Crippen MR) is 111 cm³/mol. The molecule has 3 N–H and O–H groups in total. The van der Waals surface area contributed by atoms with Crippen molar-refractivity contribution in [1.82, 2.24) is 5.32 Å². The van der Waals surface area contributed by atoms with E-state index in [-0.39, 0.29) is 30.2 Å². The first kappa shape index (κ1) is 21.4. The lowest BCUT2D eigenvalue weighted by Crippen LogP contribution is -2.38. The third-order valence-corrected chi connectivity index (χ3v) is 5.32. The van der Waals surface area contributed by atoms with Crippen molar-refractivity contribution < 1.29 is 9.59 Å². The normalized spacial score (nSPS) is 19.6. The molecule has 0 aromatic heterocycles. The Kier molecular flexibility index (Phi) is 7.39. The van der Waals surface area contributed by atoms with Crippen LogP contribution in [-0.2, 0) is 4.79 Å². The molecule has 0 bridgehead atoms. The molecule has 0 aliphatic carbocycles. The van der Waals surface area contributed by atoms with Gasteiger partial charge >= 0.3 is 0 Å². The number of hydrogen-bond acceptors (Lipinski definition) is 4. The number of aliphatic imine (C=N–C) groups is 1. The number of carbonyl (C=O) groups is 2. The van der Waals surface area contributed by atoms with Gasteiger partial charge in [-0.3, -0.25) is 9.59 Å². The van der Waals surface area contributed by atoms with Crippen molar-refractivity contribution >= 4 is 34.8 Å². The van der Waals surface area contributed by atoms with Crippen molar-refractivity contribution in [2.24, 2.45) is 22.6 Å². The van der Waals surface area contributed by atoms with E-state index in [2.05, 4.69) is 15.2 Å². The second-order valence-corrected chi connectivity index (χ2v) is 7.78. The van der Waals surface area contributed by atoms with E-state index in [9.17, 15) is 9.59 Å². The minimum Gasteiger partial charge on any atom is -0.374 e. The molecule has 27 heavy (non-hydrogen) atoms. The van der Waals surface area contributed by atoms with Crippen LogP contribution < -0.4 is 16.0 Å². The van der Waals surface area contributed by atoms with Crippen LogP contribution >= 0.6 is 11.6 Å². The van der Waals surface area contributed by atoms with Gasteiger partial charge in [0.1, 0.15) is 0 Å². The fourth-order valence-corrected chi connectivity index (χ4v) is 3.71. The number of benzene rings is 1. The summed E-state index contributed by atoms with van der Waals surface area (Å²) in [5, 5.41) is 3.40. The fourth-order valence-electron chi connectivity index (χ4n) is 3.50. The Morgan fingerprint density at radius 1 is 1.41 bits per heavy atom. The number of amides is 2. The zero-order valence-electron chi connectivity index (χ0n) is 16.5. The zero-order chi connectivity index (χ0) is 20.1. The number of anilines is 1. The number of nitrogens with one attached hydrogen (secondary N) is 1. The molecule has 6 nitrogen and oxygen atoms in total. The smallest absolute Gasteiger partial charge is 0.251 e. The maximum absolute atomic E-state index is 12.8. The molecule has 148 valence electrons. The Morgan fingerprint density at radius 2 is 2.11 bits per heavy atom. The summed E-state index contributed by atoms with van der Waals surface area (Å²) in [7, 11) is 1.96. The first-order chi connectivity index (χ1) is 12.7. The summed E-state index contributed by atoms with van der Waals surface area (Å²) in [5.74, 6) is -0.510. The molecule has 2 atom stereocenters. The van der Waals surface area contributed by atoms with Crippen molar-refractivity contribution in [3.8, 4) is 0 Å². The summed E-state index contributed by atoms with van der Waals surface area (Å²) in [6.07, 6.45) is 1.63. The van der Waals surface area contributed by atoms with E-state index in [1.807, 2.05) is 33.9 Å². The maximum Gasteiger partial charge on any atom is 0.251 e. The van der Waals surface area contributed by atoms with Crippen molar-refractivity contribution in [3.05, 3.63) is 28.3 Å². The number of carbonyl (C=O) groups excluding carboxylic acids is 2. The van der Waals surface area contributed by atoms with E-state index in [1.54, 1.807) is 6.07 Å². The van der Waals surface area contributed by atoms with Crippen LogP contribution in [0.1, 0.15) is 42.6 Å². The summed E-state index contributed by atoms with van der Waals surface area (Å²) in [5.41, 5.74) is 8.72. The summed E-state index contributed by atoms with van der Waals surface area (Å²) in [4.78, 5) is 31.0. The molecule has 0 saturated heterocycles. The number of nitrogens with two attached hydrogens (primary N) is 1. The van der Waals surface area contributed by atoms with Crippen LogP contribution in [0.5, 0.6) is 0 Å². The van der Waals surface area contributed by atoms with Crippen molar-refractivity contribution in [1.29, 1.82) is 0 Å². The van der Waals surface area contributed by atoms with Gasteiger partial charge in [-0.25, -0.2) is 4.99 Å². The van der Waals surface area contributed by atoms with Gasteiger partial charge in [-0.2, -0.15) is 0 Å². The molecule has 7 heteroatoms. The lowest BCUT2D eigenvalue weighted by atomic mass is 9.86. The minimum absolute atomic E-state index is 0.156. The van der Waals surface area contributed by atoms with Gasteiger partial charge in [0.2, 0.25) is 0 Å². The highest BCUT2D eigenvalue weighted by atomic mass is 35.5. The van der Waals surface area contributed by atoms with Gasteiger partial charge in [0, 0.05) is 42.1 Å². The minimum atomic E-state index is -0.288. The monoisotopic (exact) mass is 392 g/mol. The summed E-state index contributed by atoms with van der Waals surface area (Å²) in [6.45, 7) is 7.45. The lowest BCUT2D eigenvalue weighted by molar-refractivity contribution is -0.123. The van der Waals surface area contributed by atoms with E-state index in [0.29, 0.717) is 17.1 Å². The highest BCUT2D eigenvalue weighted by molar-refractivity contribution is 6.31. The Hall–Kier alpha value is -1.92. The molecule has 1 heterocycles. The van der Waals surface area contributed by atoms with Gasteiger partial charge < -0.3 is 16.0 Å². The van der Waals surface area contributed by atoms with Crippen LogP contribution in [0, 0.1) is 18.8 Å². The molecule has 1 aromatic rings. The third-order valence-electron chi connectivity index (χ3n) is 5.10. The van der Waals surface area contributed by atoms with E-state index >= 15 is 0 Å². The maximum atomic E-state index is 12.8.